The molecule has 3 aromatic rings. The highest BCUT2D eigenvalue weighted by Gasteiger charge is 2.26. The Morgan fingerprint density at radius 3 is 2.82 bits per heavy atom. The standard InChI is InChI=1S/C21H24N4O2S/c1-24(2)18-7-5-16(6-8-18)21(26)25-10-3-4-15(13-25)12-19-22-20(23-27-19)17-9-11-28-14-17/h5-9,11,14-15H,3-4,10,12-13H2,1-2H3/t15-/m1/s1. The second kappa shape index (κ2) is 8.14. The predicted molar refractivity (Wildman–Crippen MR) is 111 cm³/mol. The molecule has 1 atom stereocenters. The van der Waals surface area contributed by atoms with Crippen molar-refractivity contribution >= 4 is 22.9 Å². The molecule has 1 amide bonds. The van der Waals surface area contributed by atoms with Gasteiger partial charge >= 0.3 is 0 Å². The maximum absolute atomic E-state index is 12.9. The summed E-state index contributed by atoms with van der Waals surface area (Å²) in [5.41, 5.74) is 2.82. The van der Waals surface area contributed by atoms with Crippen LogP contribution in [0.25, 0.3) is 11.4 Å². The summed E-state index contributed by atoms with van der Waals surface area (Å²) in [6.07, 6.45) is 2.78. The van der Waals surface area contributed by atoms with Crippen molar-refractivity contribution in [1.82, 2.24) is 15.0 Å². The van der Waals surface area contributed by atoms with E-state index in [1.54, 1.807) is 11.3 Å². The average Bonchev–Trinajstić information content (AvgIpc) is 3.39. The van der Waals surface area contributed by atoms with Gasteiger partial charge in [0, 0.05) is 55.8 Å². The molecule has 1 fully saturated rings. The largest absolute Gasteiger partial charge is 0.378 e. The van der Waals surface area contributed by atoms with E-state index in [-0.39, 0.29) is 5.91 Å². The van der Waals surface area contributed by atoms with Crippen LogP contribution >= 0.6 is 11.3 Å². The first kappa shape index (κ1) is 18.7. The van der Waals surface area contributed by atoms with Crippen LogP contribution < -0.4 is 4.90 Å². The first-order chi connectivity index (χ1) is 13.6. The summed E-state index contributed by atoms with van der Waals surface area (Å²) in [7, 11) is 3.99. The quantitative estimate of drug-likeness (QED) is 0.653. The Balaban J connectivity index is 1.39. The summed E-state index contributed by atoms with van der Waals surface area (Å²) in [4.78, 5) is 21.4. The molecule has 1 aromatic carbocycles. The summed E-state index contributed by atoms with van der Waals surface area (Å²) in [5, 5.41) is 8.10. The van der Waals surface area contributed by atoms with Gasteiger partial charge < -0.3 is 14.3 Å². The van der Waals surface area contributed by atoms with Crippen molar-refractivity contribution in [3.8, 4) is 11.4 Å². The van der Waals surface area contributed by atoms with Crippen molar-refractivity contribution in [2.75, 3.05) is 32.1 Å². The maximum Gasteiger partial charge on any atom is 0.253 e. The fraction of sp³-hybridized carbons (Fsp3) is 0.381. The second-order valence-corrected chi connectivity index (χ2v) is 8.21. The van der Waals surface area contributed by atoms with E-state index in [1.807, 2.05) is 65.0 Å². The summed E-state index contributed by atoms with van der Waals surface area (Å²) in [5.74, 6) is 1.73. The van der Waals surface area contributed by atoms with E-state index < -0.39 is 0 Å². The molecule has 0 aliphatic carbocycles. The number of hydrogen-bond donors (Lipinski definition) is 0. The van der Waals surface area contributed by atoms with Crippen molar-refractivity contribution in [3.63, 3.8) is 0 Å². The van der Waals surface area contributed by atoms with Gasteiger partial charge in [0.25, 0.3) is 5.91 Å². The molecule has 2 aromatic heterocycles. The minimum absolute atomic E-state index is 0.0968. The third kappa shape index (κ3) is 4.09. The zero-order valence-corrected chi connectivity index (χ0v) is 17.0. The van der Waals surface area contributed by atoms with Gasteiger partial charge in [-0.25, -0.2) is 0 Å². The Morgan fingerprint density at radius 1 is 1.29 bits per heavy atom. The number of nitrogens with zero attached hydrogens (tertiary/aromatic N) is 4. The predicted octanol–water partition coefficient (Wildman–Crippen LogP) is 3.96. The molecule has 0 unspecified atom stereocenters. The normalized spacial score (nSPS) is 16.9. The van der Waals surface area contributed by atoms with Gasteiger partial charge in [-0.05, 0) is 54.5 Å². The molecule has 0 N–H and O–H groups in total. The lowest BCUT2D eigenvalue weighted by atomic mass is 9.94. The third-order valence-corrected chi connectivity index (χ3v) is 5.83. The summed E-state index contributed by atoms with van der Waals surface area (Å²) in [6.45, 7) is 1.53. The van der Waals surface area contributed by atoms with Crippen LogP contribution in [0.4, 0.5) is 5.69 Å². The van der Waals surface area contributed by atoms with E-state index in [9.17, 15) is 4.79 Å². The van der Waals surface area contributed by atoms with E-state index in [0.717, 1.165) is 42.7 Å². The Hall–Kier alpha value is -2.67. The van der Waals surface area contributed by atoms with Gasteiger partial charge in [-0.15, -0.1) is 0 Å². The molecule has 1 aliphatic rings. The molecule has 0 spiro atoms. The molecule has 146 valence electrons. The molecule has 0 saturated carbocycles. The molecular weight excluding hydrogens is 372 g/mol. The lowest BCUT2D eigenvalue weighted by Crippen LogP contribution is -2.40. The molecule has 0 bridgehead atoms. The molecule has 0 radical (unpaired) electrons. The lowest BCUT2D eigenvalue weighted by Gasteiger charge is -2.32. The van der Waals surface area contributed by atoms with Crippen molar-refractivity contribution in [2.45, 2.75) is 19.3 Å². The maximum atomic E-state index is 12.9. The van der Waals surface area contributed by atoms with Crippen molar-refractivity contribution in [1.29, 1.82) is 0 Å². The Bertz CT molecular complexity index is 918. The lowest BCUT2D eigenvalue weighted by molar-refractivity contribution is 0.0668. The van der Waals surface area contributed by atoms with Crippen LogP contribution in [0.5, 0.6) is 0 Å². The van der Waals surface area contributed by atoms with Crippen LogP contribution in [0.2, 0.25) is 0 Å². The fourth-order valence-corrected chi connectivity index (χ4v) is 4.23. The van der Waals surface area contributed by atoms with Crippen LogP contribution in [0, 0.1) is 5.92 Å². The van der Waals surface area contributed by atoms with E-state index in [4.69, 9.17) is 4.52 Å². The molecule has 1 saturated heterocycles. The number of anilines is 1. The molecule has 4 rings (SSSR count). The van der Waals surface area contributed by atoms with Gasteiger partial charge in [-0.3, -0.25) is 4.79 Å². The van der Waals surface area contributed by atoms with Gasteiger partial charge in [-0.1, -0.05) is 5.16 Å². The fourth-order valence-electron chi connectivity index (χ4n) is 3.59. The monoisotopic (exact) mass is 396 g/mol. The van der Waals surface area contributed by atoms with E-state index in [0.29, 0.717) is 24.1 Å². The van der Waals surface area contributed by atoms with Gasteiger partial charge in [0.05, 0.1) is 0 Å². The van der Waals surface area contributed by atoms with Crippen LogP contribution in [-0.2, 0) is 6.42 Å². The van der Waals surface area contributed by atoms with Gasteiger partial charge in [-0.2, -0.15) is 16.3 Å². The Labute approximate surface area is 168 Å². The molecule has 7 heteroatoms. The number of carbonyl (C=O) groups is 1. The Morgan fingerprint density at radius 2 is 2.11 bits per heavy atom. The molecule has 6 nitrogen and oxygen atoms in total. The number of carbonyl (C=O) groups excluding carboxylic acids is 1. The highest BCUT2D eigenvalue weighted by molar-refractivity contribution is 7.08. The van der Waals surface area contributed by atoms with Gasteiger partial charge in [0.15, 0.2) is 0 Å². The van der Waals surface area contributed by atoms with Gasteiger partial charge in [0.1, 0.15) is 0 Å². The minimum atomic E-state index is 0.0968. The number of piperidine rings is 1. The minimum Gasteiger partial charge on any atom is -0.378 e. The number of aromatic nitrogens is 2. The topological polar surface area (TPSA) is 62.5 Å². The third-order valence-electron chi connectivity index (χ3n) is 5.15. The molecule has 28 heavy (non-hydrogen) atoms. The van der Waals surface area contributed by atoms with E-state index in [1.165, 1.54) is 0 Å². The summed E-state index contributed by atoms with van der Waals surface area (Å²) >= 11 is 1.61. The zero-order chi connectivity index (χ0) is 19.5. The molecule has 1 aliphatic heterocycles. The number of amides is 1. The van der Waals surface area contributed by atoms with Crippen molar-refractivity contribution in [3.05, 3.63) is 52.5 Å². The van der Waals surface area contributed by atoms with Crippen LogP contribution in [-0.4, -0.2) is 48.1 Å². The smallest absolute Gasteiger partial charge is 0.253 e. The van der Waals surface area contributed by atoms with Crippen molar-refractivity contribution in [2.24, 2.45) is 5.92 Å². The number of benzene rings is 1. The van der Waals surface area contributed by atoms with E-state index >= 15 is 0 Å². The van der Waals surface area contributed by atoms with Gasteiger partial charge in [0.2, 0.25) is 11.7 Å². The first-order valence-corrected chi connectivity index (χ1v) is 10.5. The molecular formula is C21H24N4O2S. The van der Waals surface area contributed by atoms with Crippen LogP contribution in [0.3, 0.4) is 0 Å². The number of rotatable bonds is 5. The first-order valence-electron chi connectivity index (χ1n) is 9.52. The summed E-state index contributed by atoms with van der Waals surface area (Å²) < 4.78 is 5.44. The highest BCUT2D eigenvalue weighted by atomic mass is 32.1. The second-order valence-electron chi connectivity index (χ2n) is 7.43. The summed E-state index contributed by atoms with van der Waals surface area (Å²) in [6, 6.07) is 9.78. The number of thiophene rings is 1. The highest BCUT2D eigenvalue weighted by Crippen LogP contribution is 2.24. The number of hydrogen-bond acceptors (Lipinski definition) is 6. The zero-order valence-electron chi connectivity index (χ0n) is 16.2. The van der Waals surface area contributed by atoms with Crippen LogP contribution in [0.1, 0.15) is 29.1 Å². The van der Waals surface area contributed by atoms with E-state index in [2.05, 4.69) is 10.1 Å². The average molecular weight is 397 g/mol. The number of likely N-dealkylation sites (tertiary alicyclic amines) is 1. The van der Waals surface area contributed by atoms with Crippen LogP contribution in [0.15, 0.2) is 45.6 Å². The SMILES string of the molecule is CN(C)c1ccc(C(=O)N2CCC[C@H](Cc3nc(-c4ccsc4)no3)C2)cc1. The molecule has 3 heterocycles. The Kier molecular flexibility index (Phi) is 5.43. The van der Waals surface area contributed by atoms with Crippen molar-refractivity contribution < 1.29 is 9.32 Å².